The highest BCUT2D eigenvalue weighted by Crippen LogP contribution is 2.40. The molecule has 4 heteroatoms. The van der Waals surface area contributed by atoms with Gasteiger partial charge in [0.25, 0.3) is 0 Å². The Morgan fingerprint density at radius 2 is 1.89 bits per heavy atom. The average molecular weight is 401 g/mol. The van der Waals surface area contributed by atoms with E-state index >= 15 is 0 Å². The second kappa shape index (κ2) is 7.69. The van der Waals surface area contributed by atoms with E-state index in [1.165, 1.54) is 22.4 Å². The molecule has 0 unspecified atom stereocenters. The molecule has 2 aromatic carbocycles. The molecule has 0 amide bonds. The van der Waals surface area contributed by atoms with Crippen LogP contribution in [-0.4, -0.2) is 18.3 Å². The monoisotopic (exact) mass is 400 g/mol. The molecule has 0 fully saturated rings. The SMILES string of the molecule is CCCN1c2cc(C)c(C=Nc3cccc(Cl)c3Cl)cc2C(C)=CC1(C)C. The first-order chi connectivity index (χ1) is 12.7. The Labute approximate surface area is 172 Å². The maximum absolute atomic E-state index is 6.26. The van der Waals surface area contributed by atoms with Crippen LogP contribution < -0.4 is 4.90 Å². The summed E-state index contributed by atoms with van der Waals surface area (Å²) in [6.45, 7) is 12.1. The van der Waals surface area contributed by atoms with Crippen molar-refractivity contribution in [1.82, 2.24) is 0 Å². The van der Waals surface area contributed by atoms with E-state index in [9.17, 15) is 0 Å². The van der Waals surface area contributed by atoms with Crippen LogP contribution in [0.25, 0.3) is 5.57 Å². The number of allylic oxidation sites excluding steroid dienone is 1. The second-order valence-electron chi connectivity index (χ2n) is 7.69. The molecule has 0 saturated carbocycles. The van der Waals surface area contributed by atoms with Crippen LogP contribution in [0.15, 0.2) is 41.4 Å². The number of hydrogen-bond donors (Lipinski definition) is 0. The topological polar surface area (TPSA) is 15.6 Å². The molecule has 27 heavy (non-hydrogen) atoms. The zero-order valence-electron chi connectivity index (χ0n) is 16.6. The van der Waals surface area contributed by atoms with Crippen LogP contribution in [0.4, 0.5) is 11.4 Å². The number of halogens is 2. The minimum absolute atomic E-state index is 0.0173. The van der Waals surface area contributed by atoms with Gasteiger partial charge in [0.2, 0.25) is 0 Å². The van der Waals surface area contributed by atoms with Gasteiger partial charge < -0.3 is 4.90 Å². The van der Waals surface area contributed by atoms with Crippen molar-refractivity contribution >= 4 is 46.4 Å². The van der Waals surface area contributed by atoms with Gasteiger partial charge in [-0.15, -0.1) is 0 Å². The number of benzene rings is 2. The summed E-state index contributed by atoms with van der Waals surface area (Å²) in [7, 11) is 0. The highest BCUT2D eigenvalue weighted by atomic mass is 35.5. The fourth-order valence-electron chi connectivity index (χ4n) is 3.75. The predicted octanol–water partition coefficient (Wildman–Crippen LogP) is 7.46. The Morgan fingerprint density at radius 3 is 2.59 bits per heavy atom. The lowest BCUT2D eigenvalue weighted by Crippen LogP contribution is -2.45. The number of fused-ring (bicyclic) bond motifs is 1. The molecule has 0 aliphatic carbocycles. The quantitative estimate of drug-likeness (QED) is 0.485. The third kappa shape index (κ3) is 3.93. The molecule has 0 N–H and O–H groups in total. The number of anilines is 1. The Kier molecular flexibility index (Phi) is 5.69. The van der Waals surface area contributed by atoms with Crippen molar-refractivity contribution in [3.8, 4) is 0 Å². The minimum Gasteiger partial charge on any atom is -0.362 e. The van der Waals surface area contributed by atoms with Gasteiger partial charge in [-0.3, -0.25) is 4.99 Å². The van der Waals surface area contributed by atoms with Gasteiger partial charge in [0.1, 0.15) is 0 Å². The first kappa shape index (κ1) is 20.0. The lowest BCUT2D eigenvalue weighted by atomic mass is 9.87. The van der Waals surface area contributed by atoms with Crippen LogP contribution in [-0.2, 0) is 0 Å². The lowest BCUT2D eigenvalue weighted by Gasteiger charge is -2.43. The van der Waals surface area contributed by atoms with E-state index in [0.29, 0.717) is 15.7 Å². The molecule has 1 aliphatic heterocycles. The summed E-state index contributed by atoms with van der Waals surface area (Å²) in [4.78, 5) is 7.08. The zero-order chi connectivity index (χ0) is 19.8. The van der Waals surface area contributed by atoms with Crippen molar-refractivity contribution in [2.24, 2.45) is 4.99 Å². The number of hydrogen-bond acceptors (Lipinski definition) is 2. The van der Waals surface area contributed by atoms with E-state index in [-0.39, 0.29) is 5.54 Å². The summed E-state index contributed by atoms with van der Waals surface area (Å²) >= 11 is 12.4. The molecule has 3 rings (SSSR count). The molecule has 2 nitrogen and oxygen atoms in total. The normalized spacial score (nSPS) is 15.8. The van der Waals surface area contributed by atoms with E-state index in [0.717, 1.165) is 18.5 Å². The van der Waals surface area contributed by atoms with Gasteiger partial charge in [0, 0.05) is 24.0 Å². The number of aliphatic imine (C=N–C) groups is 1. The molecule has 0 spiro atoms. The van der Waals surface area contributed by atoms with Crippen molar-refractivity contribution in [2.45, 2.75) is 46.6 Å². The summed E-state index contributed by atoms with van der Waals surface area (Å²) in [5, 5.41) is 1.00. The highest BCUT2D eigenvalue weighted by molar-refractivity contribution is 6.43. The van der Waals surface area contributed by atoms with Crippen molar-refractivity contribution < 1.29 is 0 Å². The molecule has 2 aromatic rings. The molecule has 0 bridgehead atoms. The maximum Gasteiger partial charge on any atom is 0.0848 e. The summed E-state index contributed by atoms with van der Waals surface area (Å²) in [6, 6.07) is 10.0. The van der Waals surface area contributed by atoms with Crippen molar-refractivity contribution in [3.05, 3.63) is 63.1 Å². The van der Waals surface area contributed by atoms with E-state index in [2.05, 4.69) is 62.7 Å². The standard InChI is InChI=1S/C23H26Cl2N2/c1-6-10-27-21-11-15(2)17(12-18(21)16(3)13-23(27,4)5)14-26-20-9-7-8-19(24)22(20)25/h7-9,11-14H,6,10H2,1-5H3. The molecular formula is C23H26Cl2N2. The van der Waals surface area contributed by atoms with Gasteiger partial charge in [-0.1, -0.05) is 42.3 Å². The molecule has 1 aliphatic rings. The lowest BCUT2D eigenvalue weighted by molar-refractivity contribution is 0.550. The largest absolute Gasteiger partial charge is 0.362 e. The number of rotatable bonds is 4. The van der Waals surface area contributed by atoms with E-state index in [1.54, 1.807) is 6.07 Å². The minimum atomic E-state index is 0.0173. The van der Waals surface area contributed by atoms with Gasteiger partial charge in [-0.2, -0.15) is 0 Å². The predicted molar refractivity (Wildman–Crippen MR) is 120 cm³/mol. The van der Waals surface area contributed by atoms with Crippen LogP contribution >= 0.6 is 23.2 Å². The van der Waals surface area contributed by atoms with Crippen molar-refractivity contribution in [3.63, 3.8) is 0 Å². The summed E-state index contributed by atoms with van der Waals surface area (Å²) < 4.78 is 0. The van der Waals surface area contributed by atoms with Crippen LogP contribution in [0.1, 0.15) is 50.8 Å². The fourth-order valence-corrected chi connectivity index (χ4v) is 4.09. The number of aryl methyl sites for hydroxylation is 1. The molecule has 0 saturated heterocycles. The first-order valence-electron chi connectivity index (χ1n) is 9.35. The molecule has 0 aromatic heterocycles. The van der Waals surface area contributed by atoms with E-state index in [1.807, 2.05) is 18.3 Å². The van der Waals surface area contributed by atoms with Gasteiger partial charge in [0.05, 0.1) is 21.3 Å². The fraction of sp³-hybridized carbons (Fsp3) is 0.348. The Bertz CT molecular complexity index is 926. The Hall–Kier alpha value is -1.77. The summed E-state index contributed by atoms with van der Waals surface area (Å²) in [5.41, 5.74) is 6.86. The van der Waals surface area contributed by atoms with E-state index < -0.39 is 0 Å². The average Bonchev–Trinajstić information content (AvgIpc) is 2.60. The zero-order valence-corrected chi connectivity index (χ0v) is 18.1. The molecule has 0 radical (unpaired) electrons. The smallest absolute Gasteiger partial charge is 0.0848 e. The third-order valence-corrected chi connectivity index (χ3v) is 5.90. The van der Waals surface area contributed by atoms with Crippen LogP contribution in [0.2, 0.25) is 10.0 Å². The van der Waals surface area contributed by atoms with E-state index in [4.69, 9.17) is 23.2 Å². The van der Waals surface area contributed by atoms with Gasteiger partial charge in [0.15, 0.2) is 0 Å². The van der Waals surface area contributed by atoms with Crippen molar-refractivity contribution in [2.75, 3.05) is 11.4 Å². The Balaban J connectivity index is 2.05. The highest BCUT2D eigenvalue weighted by Gasteiger charge is 2.31. The van der Waals surface area contributed by atoms with Crippen molar-refractivity contribution in [1.29, 1.82) is 0 Å². The summed E-state index contributed by atoms with van der Waals surface area (Å²) in [5.74, 6) is 0. The second-order valence-corrected chi connectivity index (χ2v) is 8.47. The third-order valence-electron chi connectivity index (χ3n) is 5.09. The van der Waals surface area contributed by atoms with Gasteiger partial charge in [-0.05, 0) is 75.1 Å². The molecular weight excluding hydrogens is 375 g/mol. The van der Waals surface area contributed by atoms with Gasteiger partial charge >= 0.3 is 0 Å². The van der Waals surface area contributed by atoms with Gasteiger partial charge in [-0.25, -0.2) is 0 Å². The van der Waals surface area contributed by atoms with Crippen LogP contribution in [0.3, 0.4) is 0 Å². The molecule has 142 valence electrons. The van der Waals surface area contributed by atoms with Crippen LogP contribution in [0, 0.1) is 6.92 Å². The maximum atomic E-state index is 6.26. The molecule has 1 heterocycles. The molecule has 0 atom stereocenters. The number of nitrogens with zero attached hydrogens (tertiary/aromatic N) is 2. The Morgan fingerprint density at radius 1 is 1.15 bits per heavy atom. The summed E-state index contributed by atoms with van der Waals surface area (Å²) in [6.07, 6.45) is 5.35. The first-order valence-corrected chi connectivity index (χ1v) is 10.1. The van der Waals surface area contributed by atoms with Crippen LogP contribution in [0.5, 0.6) is 0 Å².